The highest BCUT2D eigenvalue weighted by Gasteiger charge is 2.12. The lowest BCUT2D eigenvalue weighted by Crippen LogP contribution is -2.07. The lowest BCUT2D eigenvalue weighted by molar-refractivity contribution is 0.614. The highest BCUT2D eigenvalue weighted by molar-refractivity contribution is 9.10. The first-order chi connectivity index (χ1) is 10.1. The molecule has 0 radical (unpaired) electrons. The van der Waals surface area contributed by atoms with Gasteiger partial charge in [-0.25, -0.2) is 0 Å². The predicted octanol–water partition coefficient (Wildman–Crippen LogP) is 4.40. The van der Waals surface area contributed by atoms with Gasteiger partial charge in [0, 0.05) is 15.6 Å². The smallest absolute Gasteiger partial charge is 0.196 e. The molecule has 0 bridgehead atoms. The normalized spacial score (nSPS) is 10.5. The van der Waals surface area contributed by atoms with Crippen molar-refractivity contribution in [3.63, 3.8) is 0 Å². The molecular formula is C17H10BrNO2. The van der Waals surface area contributed by atoms with E-state index in [-0.39, 0.29) is 5.43 Å². The quantitative estimate of drug-likeness (QED) is 0.660. The van der Waals surface area contributed by atoms with E-state index in [1.807, 2.05) is 6.07 Å². The van der Waals surface area contributed by atoms with Crippen molar-refractivity contribution in [3.05, 3.63) is 68.3 Å². The maximum atomic E-state index is 12.5. The Morgan fingerprint density at radius 3 is 2.52 bits per heavy atom. The lowest BCUT2D eigenvalue weighted by Gasteiger charge is -2.07. The van der Waals surface area contributed by atoms with Crippen LogP contribution in [0.25, 0.3) is 22.3 Å². The van der Waals surface area contributed by atoms with Crippen LogP contribution in [-0.4, -0.2) is 0 Å². The summed E-state index contributed by atoms with van der Waals surface area (Å²) in [5.74, 6) is 0.541. The van der Waals surface area contributed by atoms with Gasteiger partial charge in [-0.05, 0) is 49.4 Å². The number of hydrogen-bond acceptors (Lipinski definition) is 3. The van der Waals surface area contributed by atoms with E-state index in [1.165, 1.54) is 0 Å². The van der Waals surface area contributed by atoms with Gasteiger partial charge in [-0.15, -0.1) is 0 Å². The van der Waals surface area contributed by atoms with Gasteiger partial charge in [0.15, 0.2) is 5.43 Å². The maximum Gasteiger partial charge on any atom is 0.196 e. The molecular weight excluding hydrogens is 330 g/mol. The Balaban J connectivity index is 2.28. The number of nitriles is 1. The minimum absolute atomic E-state index is 0.0445. The van der Waals surface area contributed by atoms with Crippen LogP contribution in [0.15, 0.2) is 56.1 Å². The van der Waals surface area contributed by atoms with Gasteiger partial charge in [-0.1, -0.05) is 15.9 Å². The molecule has 21 heavy (non-hydrogen) atoms. The van der Waals surface area contributed by atoms with E-state index in [2.05, 4.69) is 22.0 Å². The van der Waals surface area contributed by atoms with Crippen LogP contribution in [0.1, 0.15) is 11.1 Å². The van der Waals surface area contributed by atoms with E-state index in [9.17, 15) is 4.79 Å². The van der Waals surface area contributed by atoms with Crippen molar-refractivity contribution in [3.8, 4) is 17.4 Å². The van der Waals surface area contributed by atoms with Crippen molar-refractivity contribution in [1.82, 2.24) is 0 Å². The van der Waals surface area contributed by atoms with Gasteiger partial charge in [0.2, 0.25) is 0 Å². The molecule has 0 unspecified atom stereocenters. The molecule has 0 fully saturated rings. The summed E-state index contributed by atoms with van der Waals surface area (Å²) in [7, 11) is 0. The second kappa shape index (κ2) is 5.19. The zero-order chi connectivity index (χ0) is 15.0. The van der Waals surface area contributed by atoms with Crippen LogP contribution < -0.4 is 5.43 Å². The van der Waals surface area contributed by atoms with E-state index in [1.54, 1.807) is 43.3 Å². The summed E-state index contributed by atoms with van der Waals surface area (Å²) < 4.78 is 6.72. The lowest BCUT2D eigenvalue weighted by atomic mass is 10.0. The number of benzene rings is 2. The van der Waals surface area contributed by atoms with Crippen LogP contribution in [0.5, 0.6) is 0 Å². The fourth-order valence-corrected chi connectivity index (χ4v) is 2.59. The van der Waals surface area contributed by atoms with Crippen LogP contribution in [0.4, 0.5) is 0 Å². The standard InChI is InChI=1S/C17H10BrNO2/c1-10-16(20)14-8-13(18)6-7-15(14)21-17(10)12-4-2-11(9-19)3-5-12/h2-8H,1H3. The molecule has 1 heterocycles. The van der Waals surface area contributed by atoms with Crippen LogP contribution in [0.3, 0.4) is 0 Å². The SMILES string of the molecule is Cc1c(-c2ccc(C#N)cc2)oc2ccc(Br)cc2c1=O. The third-order valence-corrected chi connectivity index (χ3v) is 3.85. The number of fused-ring (bicyclic) bond motifs is 1. The summed E-state index contributed by atoms with van der Waals surface area (Å²) in [6.45, 7) is 1.75. The van der Waals surface area contributed by atoms with Crippen molar-refractivity contribution in [2.24, 2.45) is 0 Å². The van der Waals surface area contributed by atoms with Crippen LogP contribution in [0, 0.1) is 18.3 Å². The average Bonchev–Trinajstić information content (AvgIpc) is 2.51. The van der Waals surface area contributed by atoms with Crippen molar-refractivity contribution in [2.75, 3.05) is 0 Å². The second-order valence-corrected chi connectivity index (χ2v) is 5.63. The molecule has 0 aliphatic heterocycles. The van der Waals surface area contributed by atoms with Crippen molar-refractivity contribution >= 4 is 26.9 Å². The van der Waals surface area contributed by atoms with E-state index < -0.39 is 0 Å². The second-order valence-electron chi connectivity index (χ2n) is 4.71. The fraction of sp³-hybridized carbons (Fsp3) is 0.0588. The van der Waals surface area contributed by atoms with Crippen molar-refractivity contribution in [1.29, 1.82) is 5.26 Å². The number of hydrogen-bond donors (Lipinski definition) is 0. The summed E-state index contributed by atoms with van der Waals surface area (Å²) in [6, 6.07) is 14.4. The van der Waals surface area contributed by atoms with Crippen LogP contribution in [0.2, 0.25) is 0 Å². The summed E-state index contributed by atoms with van der Waals surface area (Å²) in [5, 5.41) is 9.39. The molecule has 0 aliphatic rings. The molecule has 0 spiro atoms. The van der Waals surface area contributed by atoms with Gasteiger partial charge in [-0.2, -0.15) is 5.26 Å². The summed E-state index contributed by atoms with van der Waals surface area (Å²) in [5.41, 5.74) is 2.42. The predicted molar refractivity (Wildman–Crippen MR) is 85.1 cm³/mol. The zero-order valence-corrected chi connectivity index (χ0v) is 12.8. The van der Waals surface area contributed by atoms with E-state index >= 15 is 0 Å². The van der Waals surface area contributed by atoms with E-state index in [0.717, 1.165) is 10.0 Å². The molecule has 1 aromatic heterocycles. The first kappa shape index (κ1) is 13.6. The molecule has 0 saturated carbocycles. The molecule has 0 saturated heterocycles. The minimum Gasteiger partial charge on any atom is -0.456 e. The molecule has 0 atom stereocenters. The Kier molecular flexibility index (Phi) is 3.36. The Bertz CT molecular complexity index is 934. The molecule has 0 amide bonds. The maximum absolute atomic E-state index is 12.5. The molecule has 4 heteroatoms. The van der Waals surface area contributed by atoms with Gasteiger partial charge in [-0.3, -0.25) is 4.79 Å². The topological polar surface area (TPSA) is 54.0 Å². The Morgan fingerprint density at radius 1 is 1.14 bits per heavy atom. The number of nitrogens with zero attached hydrogens (tertiary/aromatic N) is 1. The van der Waals surface area contributed by atoms with Gasteiger partial charge in [0.05, 0.1) is 17.0 Å². The Hall–Kier alpha value is -2.38. The first-order valence-corrected chi connectivity index (χ1v) is 7.13. The van der Waals surface area contributed by atoms with E-state index in [0.29, 0.717) is 27.9 Å². The van der Waals surface area contributed by atoms with Gasteiger partial charge in [0.1, 0.15) is 11.3 Å². The molecule has 0 aliphatic carbocycles. The zero-order valence-electron chi connectivity index (χ0n) is 11.2. The third kappa shape index (κ3) is 2.37. The molecule has 0 N–H and O–H groups in total. The van der Waals surface area contributed by atoms with Crippen molar-refractivity contribution < 1.29 is 4.42 Å². The third-order valence-electron chi connectivity index (χ3n) is 3.36. The van der Waals surface area contributed by atoms with E-state index in [4.69, 9.17) is 9.68 Å². The Morgan fingerprint density at radius 2 is 1.86 bits per heavy atom. The molecule has 3 nitrogen and oxygen atoms in total. The molecule has 3 rings (SSSR count). The fourth-order valence-electron chi connectivity index (χ4n) is 2.23. The van der Waals surface area contributed by atoms with Gasteiger partial charge < -0.3 is 4.42 Å². The average molecular weight is 340 g/mol. The van der Waals surface area contributed by atoms with Crippen LogP contribution >= 0.6 is 15.9 Å². The monoisotopic (exact) mass is 339 g/mol. The highest BCUT2D eigenvalue weighted by Crippen LogP contribution is 2.27. The van der Waals surface area contributed by atoms with Crippen LogP contribution in [-0.2, 0) is 0 Å². The first-order valence-electron chi connectivity index (χ1n) is 6.33. The number of halogens is 1. The van der Waals surface area contributed by atoms with Gasteiger partial charge in [0.25, 0.3) is 0 Å². The number of rotatable bonds is 1. The molecule has 3 aromatic rings. The van der Waals surface area contributed by atoms with Gasteiger partial charge >= 0.3 is 0 Å². The largest absolute Gasteiger partial charge is 0.456 e. The molecule has 2 aromatic carbocycles. The summed E-state index contributed by atoms with van der Waals surface area (Å²) in [4.78, 5) is 12.5. The van der Waals surface area contributed by atoms with Crippen molar-refractivity contribution in [2.45, 2.75) is 6.92 Å². The Labute approximate surface area is 129 Å². The summed E-state index contributed by atoms with van der Waals surface area (Å²) >= 11 is 3.36. The molecule has 102 valence electrons. The minimum atomic E-state index is -0.0445. The highest BCUT2D eigenvalue weighted by atomic mass is 79.9. The summed E-state index contributed by atoms with van der Waals surface area (Å²) in [6.07, 6.45) is 0.